The van der Waals surface area contributed by atoms with Crippen LogP contribution in [0.1, 0.15) is 11.1 Å². The van der Waals surface area contributed by atoms with E-state index in [0.717, 1.165) is 0 Å². The first-order valence-electron chi connectivity index (χ1n) is 10.7. The molecule has 0 bridgehead atoms. The van der Waals surface area contributed by atoms with Crippen molar-refractivity contribution in [1.29, 1.82) is 0 Å². The van der Waals surface area contributed by atoms with Crippen LogP contribution in [0.4, 0.5) is 0 Å². The predicted octanol–water partition coefficient (Wildman–Crippen LogP) is -5.23. The molecule has 0 fully saturated rings. The summed E-state index contributed by atoms with van der Waals surface area (Å²) in [5.41, 5.74) is 7.52. The molecule has 3 rings (SSSR count). The molecule has 1 aromatic heterocycles. The minimum atomic E-state index is 0.479. The number of benzene rings is 2. The summed E-state index contributed by atoms with van der Waals surface area (Å²) < 4.78 is 19.7. The van der Waals surface area contributed by atoms with Gasteiger partial charge in [0.1, 0.15) is 0 Å². The summed E-state index contributed by atoms with van der Waals surface area (Å²) in [7, 11) is 0. The maximum atomic E-state index is 2.50. The van der Waals surface area contributed by atoms with Crippen LogP contribution in [-0.2, 0) is 0 Å². The molecule has 3 aromatic rings. The van der Waals surface area contributed by atoms with Gasteiger partial charge in [0, 0.05) is 0 Å². The fraction of sp³-hybridized carbons (Fsp3) is 0.111. The first-order chi connectivity index (χ1) is 13.4. The number of rotatable bonds is 2. The SMILES string of the molecule is Cc1[c]([RaH])[c]([RaH])c(-c2sc(-c3[c]([RaH])[c]([RaH])c(C)[c]([RaH])[c]3[RaH])[c]([RaH])[c]2[RaH])[c]([RaH])[c]1[RaH]. The Bertz CT molecular complexity index is 1030. The van der Waals surface area contributed by atoms with Crippen LogP contribution in [0.25, 0.3) is 20.9 Å². The normalized spacial score (nSPS) is 10.8. The van der Waals surface area contributed by atoms with Crippen molar-refractivity contribution in [3.05, 3.63) is 11.1 Å². The molecule has 0 aliphatic heterocycles. The second-order valence-electron chi connectivity index (χ2n) is 9.01. The summed E-state index contributed by atoms with van der Waals surface area (Å²) in [6.07, 6.45) is 0. The van der Waals surface area contributed by atoms with Gasteiger partial charge in [-0.2, -0.15) is 0 Å². The summed E-state index contributed by atoms with van der Waals surface area (Å²) in [4.78, 5) is 3.78. The third-order valence-electron chi connectivity index (χ3n) is 7.90. The van der Waals surface area contributed by atoms with Crippen molar-refractivity contribution in [2.75, 3.05) is 0 Å². The monoisotopic (exact) mass is 2520 g/mol. The molecule has 114 valence electrons. The topological polar surface area (TPSA) is 0 Å². The van der Waals surface area contributed by atoms with Crippen LogP contribution in [0.3, 0.4) is 0 Å². The van der Waals surface area contributed by atoms with Crippen molar-refractivity contribution in [2.24, 2.45) is 0 Å². The van der Waals surface area contributed by atoms with Gasteiger partial charge in [-0.1, -0.05) is 0 Å². The summed E-state index contributed by atoms with van der Waals surface area (Å²) >= 11 is 7.37. The van der Waals surface area contributed by atoms with Crippen LogP contribution >= 0.6 is 11.3 Å². The molecule has 29 heavy (non-hydrogen) atoms. The molecule has 0 atom stereocenters. The second-order valence-corrected chi connectivity index (χ2v) is 51.1. The van der Waals surface area contributed by atoms with E-state index in [-0.39, 0.29) is 0 Å². The molecule has 0 saturated carbocycles. The molecular weight excluding hydrogens is 2510 g/mol. The first kappa shape index (κ1) is 36.3. The number of hydrogen-bond donors (Lipinski definition) is 0. The van der Waals surface area contributed by atoms with Crippen molar-refractivity contribution < 1.29 is 428 Å². The van der Waals surface area contributed by atoms with Crippen LogP contribution in [0, 0.1) is 442 Å². The quantitative estimate of drug-likeness (QED) is 0.241. The standard InChI is InChI=1S/C18H6S.10Ra.10H/c1-13-3-7-15(8-4-13)17-11-12-18(19-17)16-9-5-14(2)6-10-16;;;;;;;;;;;;;;;;;;;;/h1-2H3;;;;;;;;;;;;;;;;;;;;. The molecule has 0 N–H and O–H groups in total. The van der Waals surface area contributed by atoms with Crippen LogP contribution < -0.4 is 6.04 Å². The molecule has 0 nitrogen and oxygen atoms in total. The van der Waals surface area contributed by atoms with Gasteiger partial charge in [0.15, 0.2) is 0 Å². The molecule has 0 spiro atoms. The van der Waals surface area contributed by atoms with Gasteiger partial charge >= 0.3 is 491 Å². The molecule has 0 unspecified atom stereocenters. The Morgan fingerprint density at radius 2 is 0.621 bits per heavy atom. The van der Waals surface area contributed by atoms with Gasteiger partial charge in [-0.15, -0.1) is 0 Å². The van der Waals surface area contributed by atoms with Crippen LogP contribution in [0.5, 0.6) is 0 Å². The molecule has 2 aromatic carbocycles. The first-order valence-corrected chi connectivity index (χ1v) is 52.6. The van der Waals surface area contributed by atoms with Crippen LogP contribution in [0.15, 0.2) is 0 Å². The van der Waals surface area contributed by atoms with Gasteiger partial charge in [-0.05, 0) is 0 Å². The van der Waals surface area contributed by atoms with Crippen molar-refractivity contribution in [2.45, 2.75) is 13.8 Å². The third kappa shape index (κ3) is 8.55. The Morgan fingerprint density at radius 3 is 0.862 bits per heavy atom. The zero-order valence-electron chi connectivity index (χ0n) is 20.4. The Balaban J connectivity index is 2.40. The number of hydrogen-bond acceptors (Lipinski definition) is 1. The van der Waals surface area contributed by atoms with E-state index in [1.807, 2.05) is 38.1 Å². The molecule has 0 aliphatic rings. The molecule has 0 saturated heterocycles. The van der Waals surface area contributed by atoms with E-state index in [0.29, 0.717) is 428 Å². The summed E-state index contributed by atoms with van der Waals surface area (Å²) in [6, 6.07) is 0. The predicted molar refractivity (Wildman–Crippen MR) is 95.0 cm³/mol. The van der Waals surface area contributed by atoms with E-state index in [1.165, 1.54) is 0 Å². The zero-order valence-corrected chi connectivity index (χ0v) is 103. The van der Waals surface area contributed by atoms with E-state index in [2.05, 4.69) is 25.2 Å². The van der Waals surface area contributed by atoms with Crippen molar-refractivity contribution in [3.8, 4) is 20.9 Å². The van der Waals surface area contributed by atoms with E-state index in [1.54, 1.807) is 0 Å². The maximum absolute atomic E-state index is 2.50. The van der Waals surface area contributed by atoms with Crippen LogP contribution in [-0.4, -0.2) is 0 Å². The Hall–Kier alpha value is 12.8. The molecule has 1 heterocycles. The molecule has 0 aliphatic carbocycles. The van der Waals surface area contributed by atoms with E-state index >= 15 is 0 Å². The zero-order chi connectivity index (χ0) is 21.9. The Kier molecular flexibility index (Phi) is 21.2. The molecule has 11 heteroatoms. The summed E-state index contributed by atoms with van der Waals surface area (Å²) in [6.45, 7) is 5.01. The van der Waals surface area contributed by atoms with Crippen molar-refractivity contribution in [3.63, 3.8) is 0 Å². The minimum absolute atomic E-state index is 0.479. The van der Waals surface area contributed by atoms with Gasteiger partial charge in [0.2, 0.25) is 0 Å². The fourth-order valence-corrected chi connectivity index (χ4v) is 78.0. The van der Waals surface area contributed by atoms with E-state index in [4.69, 9.17) is 0 Å². The molecular formula is C18H16Ra10S. The van der Waals surface area contributed by atoms with Crippen molar-refractivity contribution >= 4 is 17.4 Å². The van der Waals surface area contributed by atoms with E-state index < -0.39 is 0 Å². The summed E-state index contributed by atoms with van der Waals surface area (Å²) in [5, 5.41) is 0. The van der Waals surface area contributed by atoms with Crippen LogP contribution in [0.2, 0.25) is 0 Å². The fourth-order valence-electron chi connectivity index (χ4n) is 4.75. The van der Waals surface area contributed by atoms with Gasteiger partial charge < -0.3 is 0 Å². The second kappa shape index (κ2) is 16.9. The molecule has 0 amide bonds. The Morgan fingerprint density at radius 1 is 0.379 bits per heavy atom. The third-order valence-corrected chi connectivity index (χ3v) is 152. The summed E-state index contributed by atoms with van der Waals surface area (Å²) in [5.74, 6) is 0. The van der Waals surface area contributed by atoms with Gasteiger partial charge in [-0.3, -0.25) is 0 Å². The Labute approximate surface area is 471 Å². The van der Waals surface area contributed by atoms with Gasteiger partial charge in [0.25, 0.3) is 0 Å². The van der Waals surface area contributed by atoms with Gasteiger partial charge in [-0.25, -0.2) is 0 Å². The average Bonchev–Trinajstić information content (AvgIpc) is 2.97. The van der Waals surface area contributed by atoms with Crippen molar-refractivity contribution in [1.82, 2.24) is 0 Å². The molecule has 0 radical (unpaired) electrons. The van der Waals surface area contributed by atoms with Gasteiger partial charge in [0.05, 0.1) is 0 Å². The van der Waals surface area contributed by atoms with E-state index in [9.17, 15) is 0 Å². The number of thiophene rings is 1. The average molecular weight is 2520 g/mol.